The highest BCUT2D eigenvalue weighted by Gasteiger charge is 2.51. The molecule has 3 aromatic carbocycles. The van der Waals surface area contributed by atoms with Crippen LogP contribution in [0.3, 0.4) is 0 Å². The minimum absolute atomic E-state index is 0.0483. The second kappa shape index (κ2) is 13.6. The number of carbonyl (C=O) groups excluding carboxylic acids is 2. The van der Waals surface area contributed by atoms with Gasteiger partial charge in [-0.3, -0.25) is 34.2 Å². The molecular weight excluding hydrogens is 764 g/mol. The van der Waals surface area contributed by atoms with Crippen molar-refractivity contribution in [1.82, 2.24) is 29.7 Å². The minimum Gasteiger partial charge on any atom is -0.368 e. The highest BCUT2D eigenvalue weighted by molar-refractivity contribution is 6.35. The Morgan fingerprint density at radius 3 is 2.31 bits per heavy atom. The van der Waals surface area contributed by atoms with E-state index in [4.69, 9.17) is 21.6 Å². The number of benzene rings is 3. The zero-order valence-corrected chi connectivity index (χ0v) is 33.0. The Kier molecular flexibility index (Phi) is 8.61. The first-order valence-electron chi connectivity index (χ1n) is 19.9. The number of anilines is 3. The summed E-state index contributed by atoms with van der Waals surface area (Å²) in [5.41, 5.74) is 4.44. The molecule has 3 saturated heterocycles. The van der Waals surface area contributed by atoms with E-state index in [1.165, 1.54) is 12.1 Å². The number of halogens is 3. The van der Waals surface area contributed by atoms with E-state index >= 15 is 8.78 Å². The molecule has 10 rings (SSSR count). The van der Waals surface area contributed by atoms with Crippen molar-refractivity contribution in [2.75, 3.05) is 60.5 Å². The standard InChI is InChI=1S/C43H42ClF2N9O3/c1-42(2)29-8-6-26(20-34(29)55-33-5-3-4-30(44)38(33)40(58)50-41(42)55)53-16-17-54(43(24-53)10-11-43)23-25-21-48-35(22-47-25)52-14-12-51(13-15-52)27-18-31(45)37(32(46)19-27)28-7-9-36(56)49-39(28)57/h3-6,8,18-22,28H,7,9-17,23-24H2,1-2H3,(H,49,56,57). The normalized spacial score (nSPS) is 21.1. The Labute approximate surface area is 338 Å². The van der Waals surface area contributed by atoms with Gasteiger partial charge in [0.25, 0.3) is 5.56 Å². The Morgan fingerprint density at radius 2 is 1.60 bits per heavy atom. The number of rotatable bonds is 6. The lowest BCUT2D eigenvalue weighted by Gasteiger charge is -2.43. The quantitative estimate of drug-likeness (QED) is 0.222. The molecule has 1 aliphatic carbocycles. The fraction of sp³-hybridized carbons (Fsp3) is 0.395. The van der Waals surface area contributed by atoms with E-state index < -0.39 is 34.8 Å². The van der Waals surface area contributed by atoms with Crippen LogP contribution in [0.5, 0.6) is 0 Å². The Balaban J connectivity index is 0.790. The number of amides is 2. The molecule has 4 fully saturated rings. The first-order valence-corrected chi connectivity index (χ1v) is 20.3. The predicted octanol–water partition coefficient (Wildman–Crippen LogP) is 5.45. The van der Waals surface area contributed by atoms with Gasteiger partial charge in [-0.25, -0.2) is 13.8 Å². The van der Waals surface area contributed by atoms with Crippen LogP contribution in [0.4, 0.5) is 26.0 Å². The lowest BCUT2D eigenvalue weighted by atomic mass is 9.85. The zero-order chi connectivity index (χ0) is 40.1. The number of nitrogens with one attached hydrogen (secondary N) is 1. The average Bonchev–Trinajstić information content (AvgIpc) is 3.94. The summed E-state index contributed by atoms with van der Waals surface area (Å²) in [5, 5.41) is 3.03. The Morgan fingerprint density at radius 1 is 0.862 bits per heavy atom. The number of nitrogens with zero attached hydrogens (tertiary/aromatic N) is 8. The summed E-state index contributed by atoms with van der Waals surface area (Å²) in [4.78, 5) is 60.2. The van der Waals surface area contributed by atoms with Crippen LogP contribution in [0.1, 0.15) is 68.1 Å². The molecule has 2 aromatic heterocycles. The Bertz CT molecular complexity index is 2560. The summed E-state index contributed by atoms with van der Waals surface area (Å²) in [6, 6.07) is 14.8. The second-order valence-corrected chi connectivity index (χ2v) is 17.2. The van der Waals surface area contributed by atoms with Gasteiger partial charge in [0.15, 0.2) is 0 Å². The number of carbonyl (C=O) groups is 2. The molecule has 1 N–H and O–H groups in total. The van der Waals surface area contributed by atoms with E-state index in [-0.39, 0.29) is 29.5 Å². The first kappa shape index (κ1) is 36.8. The monoisotopic (exact) mass is 805 g/mol. The summed E-state index contributed by atoms with van der Waals surface area (Å²) >= 11 is 6.52. The molecule has 0 radical (unpaired) electrons. The second-order valence-electron chi connectivity index (χ2n) is 16.8. The van der Waals surface area contributed by atoms with E-state index in [1.807, 2.05) is 29.4 Å². The van der Waals surface area contributed by atoms with Crippen LogP contribution in [0.15, 0.2) is 65.7 Å². The molecule has 0 bridgehead atoms. The lowest BCUT2D eigenvalue weighted by Crippen LogP contribution is -2.54. The number of piperazine rings is 2. The fourth-order valence-corrected chi connectivity index (χ4v) is 9.83. The molecule has 15 heteroatoms. The number of imide groups is 1. The molecule has 4 aliphatic heterocycles. The summed E-state index contributed by atoms with van der Waals surface area (Å²) in [7, 11) is 0. The average molecular weight is 806 g/mol. The first-order chi connectivity index (χ1) is 27.9. The van der Waals surface area contributed by atoms with Gasteiger partial charge in [-0.05, 0) is 75.1 Å². The molecule has 1 saturated carbocycles. The molecule has 1 atom stereocenters. The third-order valence-corrected chi connectivity index (χ3v) is 13.3. The van der Waals surface area contributed by atoms with Crippen molar-refractivity contribution >= 4 is 51.5 Å². The molecule has 1 unspecified atom stereocenters. The predicted molar refractivity (Wildman–Crippen MR) is 217 cm³/mol. The molecule has 298 valence electrons. The molecule has 12 nitrogen and oxygen atoms in total. The topological polar surface area (TPSA) is 120 Å². The summed E-state index contributed by atoms with van der Waals surface area (Å²) in [6.45, 7) is 9.83. The molecular formula is C43H42ClF2N9O3. The largest absolute Gasteiger partial charge is 0.368 e. The minimum atomic E-state index is -1.02. The van der Waals surface area contributed by atoms with Crippen molar-refractivity contribution in [2.45, 2.75) is 62.9 Å². The van der Waals surface area contributed by atoms with Crippen molar-refractivity contribution in [3.63, 3.8) is 0 Å². The maximum atomic E-state index is 15.2. The van der Waals surface area contributed by atoms with Crippen molar-refractivity contribution < 1.29 is 18.4 Å². The number of fused-ring (bicyclic) bond motifs is 5. The van der Waals surface area contributed by atoms with Gasteiger partial charge in [-0.1, -0.05) is 23.7 Å². The van der Waals surface area contributed by atoms with Crippen LogP contribution in [0.2, 0.25) is 5.02 Å². The molecule has 1 spiro atoms. The van der Waals surface area contributed by atoms with Gasteiger partial charge in [0, 0.05) is 81.3 Å². The maximum Gasteiger partial charge on any atom is 0.282 e. The van der Waals surface area contributed by atoms with Gasteiger partial charge in [-0.15, -0.1) is 0 Å². The lowest BCUT2D eigenvalue weighted by molar-refractivity contribution is -0.134. The van der Waals surface area contributed by atoms with Crippen LogP contribution in [-0.2, 0) is 21.5 Å². The van der Waals surface area contributed by atoms with Gasteiger partial charge >= 0.3 is 0 Å². The molecule has 5 aromatic rings. The van der Waals surface area contributed by atoms with Gasteiger partial charge in [0.05, 0.1) is 51.0 Å². The van der Waals surface area contributed by atoms with E-state index in [0.717, 1.165) is 72.3 Å². The molecule has 5 aliphatic rings. The van der Waals surface area contributed by atoms with Gasteiger partial charge in [0.2, 0.25) is 11.8 Å². The summed E-state index contributed by atoms with van der Waals surface area (Å²) in [5.74, 6) is -2.19. The van der Waals surface area contributed by atoms with Crippen molar-refractivity contribution in [1.29, 1.82) is 0 Å². The smallest absolute Gasteiger partial charge is 0.282 e. The van der Waals surface area contributed by atoms with E-state index in [2.05, 4.69) is 61.6 Å². The maximum absolute atomic E-state index is 15.2. The Hall–Kier alpha value is -5.47. The fourth-order valence-electron chi connectivity index (χ4n) is 9.58. The number of piperidine rings is 1. The van der Waals surface area contributed by atoms with Crippen LogP contribution >= 0.6 is 11.6 Å². The van der Waals surface area contributed by atoms with E-state index in [9.17, 15) is 14.4 Å². The number of aromatic nitrogens is 4. The zero-order valence-electron chi connectivity index (χ0n) is 32.3. The van der Waals surface area contributed by atoms with Crippen LogP contribution in [-0.4, -0.2) is 87.6 Å². The summed E-state index contributed by atoms with van der Waals surface area (Å²) < 4.78 is 32.5. The van der Waals surface area contributed by atoms with E-state index in [1.54, 1.807) is 6.07 Å². The SMILES string of the molecule is CC1(C)c2ccc(N3CCN(Cc4cnc(N5CCN(c6cc(F)c(C7CCC(=O)NC7=O)c(F)c6)CC5)cn4)C4(CC4)C3)cc2-n2c1nc(=O)c1c(Cl)cccc12. The van der Waals surface area contributed by atoms with Gasteiger partial charge in [0.1, 0.15) is 23.3 Å². The van der Waals surface area contributed by atoms with Gasteiger partial charge in [-0.2, -0.15) is 4.98 Å². The van der Waals surface area contributed by atoms with E-state index in [0.29, 0.717) is 48.8 Å². The number of hydrogen-bond donors (Lipinski definition) is 1. The van der Waals surface area contributed by atoms with Crippen molar-refractivity contribution in [3.8, 4) is 5.69 Å². The highest BCUT2D eigenvalue weighted by atomic mass is 35.5. The van der Waals surface area contributed by atoms with Crippen LogP contribution in [0, 0.1) is 11.6 Å². The van der Waals surface area contributed by atoms with Crippen molar-refractivity contribution in [3.05, 3.63) is 111 Å². The summed E-state index contributed by atoms with van der Waals surface area (Å²) in [6.07, 6.45) is 6.03. The van der Waals surface area contributed by atoms with Crippen molar-refractivity contribution in [2.24, 2.45) is 0 Å². The van der Waals surface area contributed by atoms with Crippen LogP contribution < -0.4 is 25.6 Å². The molecule has 2 amide bonds. The number of hydrogen-bond acceptors (Lipinski definition) is 10. The highest BCUT2D eigenvalue weighted by Crippen LogP contribution is 2.48. The van der Waals surface area contributed by atoms with Crippen LogP contribution in [0.25, 0.3) is 16.6 Å². The molecule has 58 heavy (non-hydrogen) atoms. The van der Waals surface area contributed by atoms with Gasteiger partial charge < -0.3 is 14.7 Å². The third-order valence-electron chi connectivity index (χ3n) is 13.0. The third kappa shape index (κ3) is 6.02. The molecule has 6 heterocycles.